The van der Waals surface area contributed by atoms with Gasteiger partial charge in [0.15, 0.2) is 0 Å². The summed E-state index contributed by atoms with van der Waals surface area (Å²) < 4.78 is 5.40. The molecule has 4 rings (SSSR count). The number of thiophene rings is 1. The molecule has 1 aliphatic heterocycles. The smallest absolute Gasteiger partial charge is 0.258 e. The van der Waals surface area contributed by atoms with E-state index in [4.69, 9.17) is 10.1 Å². The molecule has 0 unspecified atom stereocenters. The molecule has 2 fully saturated rings. The quantitative estimate of drug-likeness (QED) is 0.727. The summed E-state index contributed by atoms with van der Waals surface area (Å²) in [5.74, 6) is 1.24. The van der Waals surface area contributed by atoms with E-state index in [0.29, 0.717) is 28.4 Å². The van der Waals surface area contributed by atoms with Crippen LogP contribution in [0.25, 0.3) is 0 Å². The number of aryl methyl sites for hydroxylation is 1. The van der Waals surface area contributed by atoms with Crippen LogP contribution in [-0.4, -0.2) is 35.0 Å². The second-order valence-corrected chi connectivity index (χ2v) is 9.18. The van der Waals surface area contributed by atoms with Crippen LogP contribution in [0.1, 0.15) is 51.8 Å². The van der Waals surface area contributed by atoms with E-state index >= 15 is 0 Å². The van der Waals surface area contributed by atoms with E-state index in [1.165, 1.54) is 16.2 Å². The molecule has 2 N–H and O–H groups in total. The van der Waals surface area contributed by atoms with Crippen molar-refractivity contribution >= 4 is 39.4 Å². The average Bonchev–Trinajstić information content (AvgIpc) is 3.09. The van der Waals surface area contributed by atoms with Gasteiger partial charge in [0, 0.05) is 41.0 Å². The Morgan fingerprint density at radius 1 is 1.38 bits per heavy atom. The normalized spacial score (nSPS) is 23.0. The molecular formula is C18H22N4O2S2. The molecule has 26 heavy (non-hydrogen) atoms. The number of hydrogen-bond donors (Lipinski definition) is 2. The van der Waals surface area contributed by atoms with Gasteiger partial charge in [-0.3, -0.25) is 10.1 Å². The van der Waals surface area contributed by atoms with Gasteiger partial charge in [-0.25, -0.2) is 0 Å². The molecule has 0 radical (unpaired) electrons. The van der Waals surface area contributed by atoms with Gasteiger partial charge in [0.2, 0.25) is 5.13 Å². The van der Waals surface area contributed by atoms with Crippen LogP contribution in [0.15, 0.2) is 11.4 Å². The SMILES string of the molecule is Cc1nnc(NC(=O)c2csc([C@@H]3C[C@H]3C(=N)CC3CCOCC3)c2)s1. The first-order chi connectivity index (χ1) is 12.6. The molecule has 1 saturated heterocycles. The van der Waals surface area contributed by atoms with Crippen LogP contribution in [-0.2, 0) is 4.74 Å². The molecule has 0 aromatic carbocycles. The Hall–Kier alpha value is -1.64. The van der Waals surface area contributed by atoms with E-state index in [2.05, 4.69) is 15.5 Å². The molecule has 6 nitrogen and oxygen atoms in total. The van der Waals surface area contributed by atoms with Crippen LogP contribution in [0.4, 0.5) is 5.13 Å². The van der Waals surface area contributed by atoms with Gasteiger partial charge < -0.3 is 10.1 Å². The van der Waals surface area contributed by atoms with Gasteiger partial charge in [-0.15, -0.1) is 21.5 Å². The summed E-state index contributed by atoms with van der Waals surface area (Å²) in [5.41, 5.74) is 1.55. The largest absolute Gasteiger partial charge is 0.381 e. The molecule has 3 heterocycles. The first kappa shape index (κ1) is 17.8. The fraction of sp³-hybridized carbons (Fsp3) is 0.556. The second-order valence-electron chi connectivity index (χ2n) is 7.05. The number of aromatic nitrogens is 2. The minimum absolute atomic E-state index is 0.141. The lowest BCUT2D eigenvalue weighted by Crippen LogP contribution is -2.19. The van der Waals surface area contributed by atoms with Crippen LogP contribution in [0, 0.1) is 24.2 Å². The number of anilines is 1. The standard InChI is InChI=1S/C18H22N4O2S2/c1-10-21-22-18(26-10)20-17(23)12-7-16(25-9-12)14-8-13(14)15(19)6-11-2-4-24-5-3-11/h7,9,11,13-14,19H,2-6,8H2,1H3,(H,20,22,23)/t13-,14-/m1/s1. The van der Waals surface area contributed by atoms with Gasteiger partial charge >= 0.3 is 0 Å². The third-order valence-electron chi connectivity index (χ3n) is 5.08. The molecule has 2 aromatic rings. The average molecular weight is 391 g/mol. The van der Waals surface area contributed by atoms with Crippen LogP contribution >= 0.6 is 22.7 Å². The van der Waals surface area contributed by atoms with Crippen molar-refractivity contribution in [3.63, 3.8) is 0 Å². The lowest BCUT2D eigenvalue weighted by atomic mass is 9.92. The maximum absolute atomic E-state index is 12.3. The summed E-state index contributed by atoms with van der Waals surface area (Å²) in [6.07, 6.45) is 4.10. The number of ether oxygens (including phenoxy) is 1. The van der Waals surface area contributed by atoms with E-state index in [-0.39, 0.29) is 5.91 Å². The third-order valence-corrected chi connectivity index (χ3v) is 6.90. The number of amides is 1. The molecule has 138 valence electrons. The van der Waals surface area contributed by atoms with Crippen molar-refractivity contribution in [3.8, 4) is 0 Å². The highest BCUT2D eigenvalue weighted by Gasteiger charge is 2.42. The first-order valence-corrected chi connectivity index (χ1v) is 10.6. The lowest BCUT2D eigenvalue weighted by molar-refractivity contribution is 0.0682. The van der Waals surface area contributed by atoms with E-state index in [1.807, 2.05) is 18.4 Å². The number of rotatable bonds is 6. The fourth-order valence-electron chi connectivity index (χ4n) is 3.49. The molecular weight excluding hydrogens is 368 g/mol. The van der Waals surface area contributed by atoms with Crippen LogP contribution in [0.2, 0.25) is 0 Å². The van der Waals surface area contributed by atoms with Gasteiger partial charge in [-0.1, -0.05) is 11.3 Å². The van der Waals surface area contributed by atoms with Gasteiger partial charge in [0.25, 0.3) is 5.91 Å². The van der Waals surface area contributed by atoms with Crippen LogP contribution in [0.3, 0.4) is 0 Å². The third kappa shape index (κ3) is 4.02. The van der Waals surface area contributed by atoms with Crippen molar-refractivity contribution < 1.29 is 9.53 Å². The van der Waals surface area contributed by atoms with Gasteiger partial charge in [-0.05, 0) is 44.6 Å². The Labute approximate surface area is 160 Å². The van der Waals surface area contributed by atoms with E-state index < -0.39 is 0 Å². The summed E-state index contributed by atoms with van der Waals surface area (Å²) in [6, 6.07) is 1.97. The molecule has 1 saturated carbocycles. The molecule has 0 bridgehead atoms. The molecule has 1 amide bonds. The van der Waals surface area contributed by atoms with E-state index in [9.17, 15) is 4.79 Å². The number of carbonyl (C=O) groups excluding carboxylic acids is 1. The minimum Gasteiger partial charge on any atom is -0.381 e. The summed E-state index contributed by atoms with van der Waals surface area (Å²) in [6.45, 7) is 3.53. The van der Waals surface area contributed by atoms with Gasteiger partial charge in [0.05, 0.1) is 5.56 Å². The summed E-state index contributed by atoms with van der Waals surface area (Å²) in [7, 11) is 0. The van der Waals surface area contributed by atoms with Gasteiger partial charge in [-0.2, -0.15) is 0 Å². The second kappa shape index (κ2) is 7.54. The molecule has 2 aromatic heterocycles. The van der Waals surface area contributed by atoms with Gasteiger partial charge in [0.1, 0.15) is 5.01 Å². The van der Waals surface area contributed by atoms with E-state index in [0.717, 1.165) is 49.6 Å². The number of carbonyl (C=O) groups is 1. The monoisotopic (exact) mass is 390 g/mol. The van der Waals surface area contributed by atoms with Crippen molar-refractivity contribution in [2.45, 2.75) is 38.5 Å². The zero-order valence-electron chi connectivity index (χ0n) is 14.7. The van der Waals surface area contributed by atoms with Crippen LogP contribution in [0.5, 0.6) is 0 Å². The molecule has 0 spiro atoms. The highest BCUT2D eigenvalue weighted by molar-refractivity contribution is 7.15. The van der Waals surface area contributed by atoms with Crippen molar-refractivity contribution in [1.82, 2.24) is 10.2 Å². The number of nitrogens with zero attached hydrogens (tertiary/aromatic N) is 2. The zero-order valence-corrected chi connectivity index (χ0v) is 16.3. The van der Waals surface area contributed by atoms with Crippen molar-refractivity contribution in [2.75, 3.05) is 18.5 Å². The van der Waals surface area contributed by atoms with Crippen LogP contribution < -0.4 is 5.32 Å². The fourth-order valence-corrected chi connectivity index (χ4v) is 5.15. The maximum Gasteiger partial charge on any atom is 0.258 e. The zero-order chi connectivity index (χ0) is 18.1. The summed E-state index contributed by atoms with van der Waals surface area (Å²) in [5, 5.41) is 22.3. The molecule has 1 aliphatic carbocycles. The highest BCUT2D eigenvalue weighted by Crippen LogP contribution is 2.51. The molecule has 2 atom stereocenters. The highest BCUT2D eigenvalue weighted by atomic mass is 32.1. The first-order valence-electron chi connectivity index (χ1n) is 8.95. The Balaban J connectivity index is 1.32. The minimum atomic E-state index is -0.141. The topological polar surface area (TPSA) is 88.0 Å². The molecule has 2 aliphatic rings. The Bertz CT molecular complexity index is 810. The summed E-state index contributed by atoms with van der Waals surface area (Å²) >= 11 is 2.99. The summed E-state index contributed by atoms with van der Waals surface area (Å²) in [4.78, 5) is 13.6. The molecule has 8 heteroatoms. The predicted octanol–water partition coefficient (Wildman–Crippen LogP) is 4.10. The van der Waals surface area contributed by atoms with Crippen molar-refractivity contribution in [2.24, 2.45) is 11.8 Å². The predicted molar refractivity (Wildman–Crippen MR) is 104 cm³/mol. The Kier molecular flexibility index (Phi) is 5.15. The number of hydrogen-bond acceptors (Lipinski definition) is 7. The van der Waals surface area contributed by atoms with Crippen molar-refractivity contribution in [3.05, 3.63) is 26.9 Å². The maximum atomic E-state index is 12.3. The lowest BCUT2D eigenvalue weighted by Gasteiger charge is -2.22. The van der Waals surface area contributed by atoms with E-state index in [1.54, 1.807) is 11.3 Å². The Morgan fingerprint density at radius 2 is 2.19 bits per heavy atom. The van der Waals surface area contributed by atoms with Crippen molar-refractivity contribution in [1.29, 1.82) is 5.41 Å². The Morgan fingerprint density at radius 3 is 2.92 bits per heavy atom. The number of nitrogens with one attached hydrogen (secondary N) is 2.